The number of hydrogen-bond acceptors (Lipinski definition) is 5. The largest absolute Gasteiger partial charge is 0.508 e. The van der Waals surface area contributed by atoms with Gasteiger partial charge in [0.05, 0.1) is 22.3 Å². The molecule has 4 rings (SSSR count). The van der Waals surface area contributed by atoms with Gasteiger partial charge in [-0.15, -0.1) is 0 Å². The minimum atomic E-state index is -3.89. The molecule has 1 N–H and O–H groups in total. The molecular formula is C20H17N3O3S. The van der Waals surface area contributed by atoms with Gasteiger partial charge in [0.1, 0.15) is 5.75 Å². The van der Waals surface area contributed by atoms with Crippen LogP contribution in [0.25, 0.3) is 0 Å². The van der Waals surface area contributed by atoms with E-state index in [1.54, 1.807) is 60.8 Å². The van der Waals surface area contributed by atoms with Crippen molar-refractivity contribution in [3.05, 3.63) is 90.3 Å². The summed E-state index contributed by atoms with van der Waals surface area (Å²) in [6.07, 6.45) is 1.96. The lowest BCUT2D eigenvalue weighted by Crippen LogP contribution is -2.27. The third-order valence-electron chi connectivity index (χ3n) is 4.42. The van der Waals surface area contributed by atoms with Crippen LogP contribution in [0.2, 0.25) is 0 Å². The fraction of sp³-hybridized carbons (Fsp3) is 0.100. The summed E-state index contributed by atoms with van der Waals surface area (Å²) in [5.41, 5.74) is 1.68. The second-order valence-electron chi connectivity index (χ2n) is 6.13. The molecule has 2 heterocycles. The maximum absolute atomic E-state index is 13.2. The summed E-state index contributed by atoms with van der Waals surface area (Å²) in [5.74, 6) is 0.0354. The van der Waals surface area contributed by atoms with E-state index in [0.29, 0.717) is 23.4 Å². The average Bonchev–Trinajstić information content (AvgIpc) is 3.16. The molecule has 1 aromatic heterocycles. The van der Waals surface area contributed by atoms with Gasteiger partial charge in [0.25, 0.3) is 10.0 Å². The van der Waals surface area contributed by atoms with Crippen LogP contribution in [0.5, 0.6) is 5.75 Å². The fourth-order valence-corrected chi connectivity index (χ4v) is 4.55. The molecule has 7 heteroatoms. The summed E-state index contributed by atoms with van der Waals surface area (Å²) < 4.78 is 27.5. The van der Waals surface area contributed by atoms with Gasteiger partial charge >= 0.3 is 0 Å². The number of aromatic nitrogens is 1. The summed E-state index contributed by atoms with van der Waals surface area (Å²) in [7, 11) is -3.89. The molecule has 0 bridgehead atoms. The Labute approximate surface area is 157 Å². The molecule has 1 aliphatic rings. The standard InChI is InChI=1S/C20H17N3O3S/c24-20-12-5-4-10-16(20)19-14-18(17-11-6-7-13-21-17)22-23(19)27(25,26)15-8-2-1-3-9-15/h1-13,19,24H,14H2/t19-/m0/s1. The number of hydrazone groups is 1. The Hall–Kier alpha value is -3.19. The summed E-state index contributed by atoms with van der Waals surface area (Å²) in [5, 5.41) is 14.7. The van der Waals surface area contributed by atoms with Gasteiger partial charge in [0, 0.05) is 18.2 Å². The molecule has 27 heavy (non-hydrogen) atoms. The molecule has 0 fully saturated rings. The van der Waals surface area contributed by atoms with Crippen molar-refractivity contribution in [1.82, 2.24) is 9.40 Å². The number of phenols is 1. The van der Waals surface area contributed by atoms with E-state index in [0.717, 1.165) is 4.41 Å². The summed E-state index contributed by atoms with van der Waals surface area (Å²) in [6.45, 7) is 0. The van der Waals surface area contributed by atoms with Gasteiger partial charge in [0.2, 0.25) is 0 Å². The number of phenolic OH excluding ortho intramolecular Hbond substituents is 1. The monoisotopic (exact) mass is 379 g/mol. The van der Waals surface area contributed by atoms with Crippen LogP contribution in [0.15, 0.2) is 89.0 Å². The summed E-state index contributed by atoms with van der Waals surface area (Å²) in [6, 6.07) is 19.6. The fourth-order valence-electron chi connectivity index (χ4n) is 3.10. The lowest BCUT2D eigenvalue weighted by Gasteiger charge is -2.24. The molecule has 0 saturated heterocycles. The van der Waals surface area contributed by atoms with Crippen molar-refractivity contribution in [3.63, 3.8) is 0 Å². The highest BCUT2D eigenvalue weighted by Crippen LogP contribution is 2.39. The Morgan fingerprint density at radius 2 is 1.63 bits per heavy atom. The number of benzene rings is 2. The van der Waals surface area contributed by atoms with E-state index in [4.69, 9.17) is 0 Å². The number of pyridine rings is 1. The van der Waals surface area contributed by atoms with Gasteiger partial charge in [-0.05, 0) is 30.3 Å². The van der Waals surface area contributed by atoms with Gasteiger partial charge in [-0.2, -0.15) is 17.9 Å². The molecule has 1 aliphatic heterocycles. The van der Waals surface area contributed by atoms with Crippen LogP contribution in [0.1, 0.15) is 23.7 Å². The van der Waals surface area contributed by atoms with Crippen LogP contribution in [0, 0.1) is 0 Å². The molecule has 0 amide bonds. The number of nitrogens with zero attached hydrogens (tertiary/aromatic N) is 3. The molecule has 2 aromatic carbocycles. The Kier molecular flexibility index (Phi) is 4.37. The number of rotatable bonds is 4. The predicted octanol–water partition coefficient (Wildman–Crippen LogP) is 3.33. The second-order valence-corrected chi connectivity index (χ2v) is 7.93. The quantitative estimate of drug-likeness (QED) is 0.754. The molecule has 0 saturated carbocycles. The Bertz CT molecular complexity index is 1080. The number of hydrogen-bond donors (Lipinski definition) is 1. The number of para-hydroxylation sites is 1. The first-order chi connectivity index (χ1) is 13.1. The molecule has 0 aliphatic carbocycles. The van der Waals surface area contributed by atoms with Crippen LogP contribution < -0.4 is 0 Å². The smallest absolute Gasteiger partial charge is 0.279 e. The van der Waals surface area contributed by atoms with E-state index in [2.05, 4.69) is 10.1 Å². The predicted molar refractivity (Wildman–Crippen MR) is 102 cm³/mol. The SMILES string of the molecule is O=S(=O)(c1ccccc1)N1N=C(c2ccccn2)C[C@H]1c1ccccc1O. The molecule has 0 spiro atoms. The summed E-state index contributed by atoms with van der Waals surface area (Å²) >= 11 is 0. The highest BCUT2D eigenvalue weighted by atomic mass is 32.2. The zero-order valence-corrected chi connectivity index (χ0v) is 15.1. The Morgan fingerprint density at radius 1 is 0.926 bits per heavy atom. The molecule has 0 unspecified atom stereocenters. The summed E-state index contributed by atoms with van der Waals surface area (Å²) in [4.78, 5) is 4.44. The highest BCUT2D eigenvalue weighted by Gasteiger charge is 2.39. The van der Waals surface area contributed by atoms with Crippen LogP contribution in [-0.4, -0.2) is 28.6 Å². The van der Waals surface area contributed by atoms with E-state index < -0.39 is 16.1 Å². The zero-order chi connectivity index (χ0) is 18.9. The topological polar surface area (TPSA) is 82.9 Å². The number of aromatic hydroxyl groups is 1. The van der Waals surface area contributed by atoms with Crippen LogP contribution in [-0.2, 0) is 10.0 Å². The second kappa shape index (κ2) is 6.85. The molecule has 0 radical (unpaired) electrons. The van der Waals surface area contributed by atoms with E-state index in [1.165, 1.54) is 12.1 Å². The molecule has 3 aromatic rings. The number of sulfonamides is 1. The maximum Gasteiger partial charge on any atom is 0.279 e. The minimum absolute atomic E-state index is 0.0354. The maximum atomic E-state index is 13.2. The van der Waals surface area contributed by atoms with Crippen molar-refractivity contribution < 1.29 is 13.5 Å². The first-order valence-electron chi connectivity index (χ1n) is 8.43. The van der Waals surface area contributed by atoms with Gasteiger partial charge in [0.15, 0.2) is 0 Å². The molecular weight excluding hydrogens is 362 g/mol. The van der Waals surface area contributed by atoms with Crippen molar-refractivity contribution in [2.24, 2.45) is 5.10 Å². The van der Waals surface area contributed by atoms with Crippen LogP contribution >= 0.6 is 0 Å². The minimum Gasteiger partial charge on any atom is -0.508 e. The third kappa shape index (κ3) is 3.17. The van der Waals surface area contributed by atoms with Crippen LogP contribution in [0.4, 0.5) is 0 Å². The molecule has 1 atom stereocenters. The van der Waals surface area contributed by atoms with Gasteiger partial charge in [-0.1, -0.05) is 42.5 Å². The van der Waals surface area contributed by atoms with E-state index in [1.807, 2.05) is 6.07 Å². The molecule has 6 nitrogen and oxygen atoms in total. The normalized spacial score (nSPS) is 17.0. The van der Waals surface area contributed by atoms with E-state index in [9.17, 15) is 13.5 Å². The lowest BCUT2D eigenvalue weighted by molar-refractivity contribution is 0.358. The van der Waals surface area contributed by atoms with Crippen molar-refractivity contribution in [1.29, 1.82) is 0 Å². The molecule has 136 valence electrons. The average molecular weight is 379 g/mol. The van der Waals surface area contributed by atoms with Crippen LogP contribution in [0.3, 0.4) is 0 Å². The van der Waals surface area contributed by atoms with Gasteiger partial charge in [-0.3, -0.25) is 4.98 Å². The lowest BCUT2D eigenvalue weighted by atomic mass is 10.0. The van der Waals surface area contributed by atoms with E-state index in [-0.39, 0.29) is 10.6 Å². The van der Waals surface area contributed by atoms with E-state index >= 15 is 0 Å². The van der Waals surface area contributed by atoms with Crippen molar-refractivity contribution in [2.75, 3.05) is 0 Å². The first kappa shape index (κ1) is 17.2. The zero-order valence-electron chi connectivity index (χ0n) is 14.3. The van der Waals surface area contributed by atoms with Crippen molar-refractivity contribution in [3.8, 4) is 5.75 Å². The Morgan fingerprint density at radius 3 is 2.33 bits per heavy atom. The van der Waals surface area contributed by atoms with Gasteiger partial charge < -0.3 is 5.11 Å². The van der Waals surface area contributed by atoms with Gasteiger partial charge in [-0.25, -0.2) is 0 Å². The third-order valence-corrected chi connectivity index (χ3v) is 6.11. The van der Waals surface area contributed by atoms with Crippen molar-refractivity contribution in [2.45, 2.75) is 17.4 Å². The highest BCUT2D eigenvalue weighted by molar-refractivity contribution is 7.89. The Balaban J connectivity index is 1.83. The van der Waals surface area contributed by atoms with Crippen molar-refractivity contribution >= 4 is 15.7 Å². The first-order valence-corrected chi connectivity index (χ1v) is 9.87.